The summed E-state index contributed by atoms with van der Waals surface area (Å²) >= 11 is 3.37. The Bertz CT molecular complexity index is 515. The Morgan fingerprint density at radius 1 is 1.30 bits per heavy atom. The molecule has 0 aliphatic carbocycles. The minimum absolute atomic E-state index is 0.117. The third kappa shape index (κ3) is 5.88. The first-order valence-corrected chi connectivity index (χ1v) is 6.86. The Morgan fingerprint density at radius 3 is 2.65 bits per heavy atom. The Kier molecular flexibility index (Phi) is 6.79. The molecule has 0 heterocycles. The van der Waals surface area contributed by atoms with Gasteiger partial charge in [-0.2, -0.15) is 0 Å². The molecule has 2 amide bonds. The molecule has 0 saturated carbocycles. The third-order valence-electron chi connectivity index (χ3n) is 2.40. The average Bonchev–Trinajstić information content (AvgIpc) is 2.41. The Morgan fingerprint density at radius 2 is 2.00 bits per heavy atom. The molecule has 5 nitrogen and oxygen atoms in total. The number of nitrogens with one attached hydrogen (secondary N) is 2. The van der Waals surface area contributed by atoms with E-state index in [1.165, 1.54) is 13.0 Å². The SMILES string of the molecule is COc1ccc(Br)cc1/C=C/C(=O)NCCNC(C)=O. The average molecular weight is 341 g/mol. The van der Waals surface area contributed by atoms with Gasteiger partial charge < -0.3 is 15.4 Å². The van der Waals surface area contributed by atoms with Crippen LogP contribution in [0, 0.1) is 0 Å². The topological polar surface area (TPSA) is 67.4 Å². The summed E-state index contributed by atoms with van der Waals surface area (Å²) in [6.45, 7) is 2.23. The predicted octanol–water partition coefficient (Wildman–Crippen LogP) is 1.72. The summed E-state index contributed by atoms with van der Waals surface area (Å²) in [4.78, 5) is 22.2. The molecule has 0 bridgehead atoms. The maximum Gasteiger partial charge on any atom is 0.244 e. The Labute approximate surface area is 126 Å². The van der Waals surface area contributed by atoms with Gasteiger partial charge in [0, 0.05) is 36.1 Å². The molecular weight excluding hydrogens is 324 g/mol. The number of carbonyl (C=O) groups excluding carboxylic acids is 2. The van der Waals surface area contributed by atoms with Crippen molar-refractivity contribution in [1.29, 1.82) is 0 Å². The van der Waals surface area contributed by atoms with Crippen LogP contribution in [0.5, 0.6) is 5.75 Å². The summed E-state index contributed by atoms with van der Waals surface area (Å²) in [5, 5.41) is 5.26. The molecule has 0 saturated heterocycles. The van der Waals surface area contributed by atoms with E-state index in [0.717, 1.165) is 10.0 Å². The van der Waals surface area contributed by atoms with E-state index >= 15 is 0 Å². The van der Waals surface area contributed by atoms with E-state index < -0.39 is 0 Å². The van der Waals surface area contributed by atoms with Crippen molar-refractivity contribution < 1.29 is 14.3 Å². The van der Waals surface area contributed by atoms with Crippen molar-refractivity contribution in [1.82, 2.24) is 10.6 Å². The standard InChI is InChI=1S/C14H17BrN2O3/c1-10(18)16-7-8-17-14(19)6-3-11-9-12(15)4-5-13(11)20-2/h3-6,9H,7-8H2,1-2H3,(H,16,18)(H,17,19)/b6-3+. The second-order valence-corrected chi connectivity index (χ2v) is 4.91. The van der Waals surface area contributed by atoms with E-state index in [1.54, 1.807) is 13.2 Å². The molecule has 0 aromatic heterocycles. The van der Waals surface area contributed by atoms with Crippen LogP contribution in [0.2, 0.25) is 0 Å². The minimum atomic E-state index is -0.225. The van der Waals surface area contributed by atoms with Crippen LogP contribution in [-0.2, 0) is 9.59 Å². The third-order valence-corrected chi connectivity index (χ3v) is 2.90. The van der Waals surface area contributed by atoms with Gasteiger partial charge in [0.05, 0.1) is 7.11 Å². The molecule has 0 aliphatic heterocycles. The van der Waals surface area contributed by atoms with E-state index in [1.807, 2.05) is 18.2 Å². The first-order chi connectivity index (χ1) is 9.52. The van der Waals surface area contributed by atoms with Gasteiger partial charge in [-0.25, -0.2) is 0 Å². The molecule has 0 radical (unpaired) electrons. The lowest BCUT2D eigenvalue weighted by atomic mass is 10.2. The normalized spacial score (nSPS) is 10.3. The zero-order chi connectivity index (χ0) is 15.0. The zero-order valence-corrected chi connectivity index (χ0v) is 13.0. The number of halogens is 1. The number of ether oxygens (including phenoxy) is 1. The van der Waals surface area contributed by atoms with Crippen LogP contribution in [0.3, 0.4) is 0 Å². The summed E-state index contributed by atoms with van der Waals surface area (Å²) in [5.41, 5.74) is 0.805. The Hall–Kier alpha value is -1.82. The van der Waals surface area contributed by atoms with Crippen molar-refractivity contribution in [2.24, 2.45) is 0 Å². The van der Waals surface area contributed by atoms with Crippen LogP contribution in [-0.4, -0.2) is 32.0 Å². The van der Waals surface area contributed by atoms with Crippen LogP contribution < -0.4 is 15.4 Å². The summed E-state index contributed by atoms with van der Waals surface area (Å²) in [6.07, 6.45) is 3.11. The molecule has 108 valence electrons. The van der Waals surface area contributed by atoms with Gasteiger partial charge in [0.1, 0.15) is 5.75 Å². The van der Waals surface area contributed by atoms with Crippen LogP contribution in [0.25, 0.3) is 6.08 Å². The van der Waals surface area contributed by atoms with Crippen molar-refractivity contribution in [2.45, 2.75) is 6.92 Å². The summed E-state index contributed by atoms with van der Waals surface area (Å²) in [7, 11) is 1.58. The smallest absolute Gasteiger partial charge is 0.244 e. The van der Waals surface area contributed by atoms with E-state index in [-0.39, 0.29) is 11.8 Å². The second kappa shape index (κ2) is 8.37. The maximum absolute atomic E-state index is 11.6. The zero-order valence-electron chi connectivity index (χ0n) is 11.4. The van der Waals surface area contributed by atoms with Gasteiger partial charge in [-0.1, -0.05) is 15.9 Å². The first kappa shape index (κ1) is 16.2. The Balaban J connectivity index is 2.52. The number of carbonyl (C=O) groups is 2. The lowest BCUT2D eigenvalue weighted by Gasteiger charge is -2.05. The van der Waals surface area contributed by atoms with Crippen LogP contribution >= 0.6 is 15.9 Å². The van der Waals surface area contributed by atoms with Gasteiger partial charge in [-0.15, -0.1) is 0 Å². The molecule has 0 atom stereocenters. The van der Waals surface area contributed by atoms with E-state index in [9.17, 15) is 9.59 Å². The van der Waals surface area contributed by atoms with Gasteiger partial charge in [-0.3, -0.25) is 9.59 Å². The maximum atomic E-state index is 11.6. The lowest BCUT2D eigenvalue weighted by molar-refractivity contribution is -0.119. The number of methoxy groups -OCH3 is 1. The highest BCUT2D eigenvalue weighted by Gasteiger charge is 2.01. The lowest BCUT2D eigenvalue weighted by Crippen LogP contribution is -2.32. The fourth-order valence-electron chi connectivity index (χ4n) is 1.48. The molecule has 1 rings (SSSR count). The second-order valence-electron chi connectivity index (χ2n) is 3.99. The summed E-state index contributed by atoms with van der Waals surface area (Å²) < 4.78 is 6.11. The fraction of sp³-hybridized carbons (Fsp3) is 0.286. The van der Waals surface area contributed by atoms with Crippen molar-refractivity contribution in [3.63, 3.8) is 0 Å². The van der Waals surface area contributed by atoms with E-state index in [0.29, 0.717) is 18.8 Å². The number of hydrogen-bond acceptors (Lipinski definition) is 3. The fourth-order valence-corrected chi connectivity index (χ4v) is 1.86. The molecule has 0 spiro atoms. The van der Waals surface area contributed by atoms with Gasteiger partial charge in [0.2, 0.25) is 11.8 Å². The van der Waals surface area contributed by atoms with Crippen molar-refractivity contribution in [3.05, 3.63) is 34.3 Å². The van der Waals surface area contributed by atoms with E-state index in [2.05, 4.69) is 26.6 Å². The first-order valence-electron chi connectivity index (χ1n) is 6.07. The minimum Gasteiger partial charge on any atom is -0.496 e. The molecule has 6 heteroatoms. The van der Waals surface area contributed by atoms with Crippen molar-refractivity contribution >= 4 is 33.8 Å². The summed E-state index contributed by atoms with van der Waals surface area (Å²) in [5.74, 6) is 0.349. The number of hydrogen-bond donors (Lipinski definition) is 2. The molecule has 2 N–H and O–H groups in total. The molecular formula is C14H17BrN2O3. The van der Waals surface area contributed by atoms with Gasteiger partial charge >= 0.3 is 0 Å². The van der Waals surface area contributed by atoms with Crippen LogP contribution in [0.15, 0.2) is 28.7 Å². The highest BCUT2D eigenvalue weighted by molar-refractivity contribution is 9.10. The molecule has 0 unspecified atom stereocenters. The molecule has 1 aromatic rings. The molecule has 0 fully saturated rings. The highest BCUT2D eigenvalue weighted by atomic mass is 79.9. The molecule has 1 aromatic carbocycles. The monoisotopic (exact) mass is 340 g/mol. The van der Waals surface area contributed by atoms with Crippen molar-refractivity contribution in [2.75, 3.05) is 20.2 Å². The quantitative estimate of drug-likeness (QED) is 0.612. The number of rotatable bonds is 6. The number of benzene rings is 1. The van der Waals surface area contributed by atoms with Gasteiger partial charge in [0.25, 0.3) is 0 Å². The molecule has 0 aliphatic rings. The summed E-state index contributed by atoms with van der Waals surface area (Å²) in [6, 6.07) is 5.54. The molecule has 20 heavy (non-hydrogen) atoms. The van der Waals surface area contributed by atoms with E-state index in [4.69, 9.17) is 4.74 Å². The van der Waals surface area contributed by atoms with Crippen molar-refractivity contribution in [3.8, 4) is 5.75 Å². The van der Waals surface area contributed by atoms with Crippen LogP contribution in [0.4, 0.5) is 0 Å². The number of amides is 2. The largest absolute Gasteiger partial charge is 0.496 e. The highest BCUT2D eigenvalue weighted by Crippen LogP contribution is 2.23. The van der Waals surface area contributed by atoms with Gasteiger partial charge in [0.15, 0.2) is 0 Å². The van der Waals surface area contributed by atoms with Gasteiger partial charge in [-0.05, 0) is 24.3 Å². The predicted molar refractivity (Wildman–Crippen MR) is 81.4 cm³/mol. The van der Waals surface area contributed by atoms with Crippen LogP contribution in [0.1, 0.15) is 12.5 Å².